The highest BCUT2D eigenvalue weighted by Gasteiger charge is 2.34. The average Bonchev–Trinajstić information content (AvgIpc) is 2.99. The van der Waals surface area contributed by atoms with E-state index in [9.17, 15) is 9.18 Å². The molecule has 1 aliphatic rings. The Hall–Kier alpha value is -2.66. The Labute approximate surface area is 145 Å². The molecule has 2 aromatic carbocycles. The number of carbonyl (C=O) groups is 1. The smallest absolute Gasteiger partial charge is 0.239 e. The number of rotatable bonds is 2. The molecule has 25 heavy (non-hydrogen) atoms. The number of nitrogens with one attached hydrogen (secondary N) is 2. The van der Waals surface area contributed by atoms with Crippen molar-refractivity contribution >= 4 is 16.8 Å². The molecule has 0 saturated carbocycles. The summed E-state index contributed by atoms with van der Waals surface area (Å²) in [6, 6.07) is 14.1. The second-order valence-corrected chi connectivity index (χ2v) is 6.70. The number of aromatic amines is 1. The quantitative estimate of drug-likeness (QED) is 0.755. The Balaban J connectivity index is 1.85. The fourth-order valence-electron chi connectivity index (χ4n) is 3.62. The van der Waals surface area contributed by atoms with E-state index in [1.165, 1.54) is 12.1 Å². The number of amides is 1. The predicted octanol–water partition coefficient (Wildman–Crippen LogP) is 3.00. The molecule has 2 atom stereocenters. The zero-order valence-electron chi connectivity index (χ0n) is 14.2. The lowest BCUT2D eigenvalue weighted by atomic mass is 9.90. The molecular formula is C20H20FN3O. The number of para-hydroxylation sites is 1. The molecule has 2 heterocycles. The standard InChI is InChI=1S/C20H20FN3O/c1-24(2)20(25)17-11-15-14-5-3-4-6-16(14)22-19(15)18(23-17)12-7-9-13(21)10-8-12/h3-10,17-18,22-23H,11H2,1-2H3/t17-,18-/m1/s1. The Morgan fingerprint density at radius 3 is 2.56 bits per heavy atom. The van der Waals surface area contributed by atoms with Crippen molar-refractivity contribution in [2.24, 2.45) is 0 Å². The second kappa shape index (κ2) is 6.01. The lowest BCUT2D eigenvalue weighted by Gasteiger charge is -2.32. The van der Waals surface area contributed by atoms with Gasteiger partial charge in [0.05, 0.1) is 12.1 Å². The number of carbonyl (C=O) groups excluding carboxylic acids is 1. The summed E-state index contributed by atoms with van der Waals surface area (Å²) in [5, 5.41) is 4.58. The molecule has 0 fully saturated rings. The third-order valence-corrected chi connectivity index (χ3v) is 4.85. The van der Waals surface area contributed by atoms with Crippen molar-refractivity contribution in [1.82, 2.24) is 15.2 Å². The fourth-order valence-corrected chi connectivity index (χ4v) is 3.62. The number of halogens is 1. The van der Waals surface area contributed by atoms with Gasteiger partial charge in [0.2, 0.25) is 5.91 Å². The minimum Gasteiger partial charge on any atom is -0.357 e. The molecule has 1 aromatic heterocycles. The van der Waals surface area contributed by atoms with E-state index < -0.39 is 0 Å². The highest BCUT2D eigenvalue weighted by molar-refractivity contribution is 5.88. The first kappa shape index (κ1) is 15.8. The summed E-state index contributed by atoms with van der Waals surface area (Å²) in [4.78, 5) is 17.7. The highest BCUT2D eigenvalue weighted by atomic mass is 19.1. The molecule has 0 unspecified atom stereocenters. The largest absolute Gasteiger partial charge is 0.357 e. The molecule has 0 spiro atoms. The van der Waals surface area contributed by atoms with Crippen molar-refractivity contribution in [3.63, 3.8) is 0 Å². The van der Waals surface area contributed by atoms with Gasteiger partial charge in [-0.25, -0.2) is 4.39 Å². The van der Waals surface area contributed by atoms with Gasteiger partial charge in [0.15, 0.2) is 0 Å². The number of hydrogen-bond acceptors (Lipinski definition) is 2. The second-order valence-electron chi connectivity index (χ2n) is 6.70. The zero-order chi connectivity index (χ0) is 17.6. The Morgan fingerprint density at radius 1 is 1.12 bits per heavy atom. The van der Waals surface area contributed by atoms with E-state index in [0.29, 0.717) is 6.42 Å². The molecule has 0 bridgehead atoms. The monoisotopic (exact) mass is 337 g/mol. The summed E-state index contributed by atoms with van der Waals surface area (Å²) in [6.45, 7) is 0. The highest BCUT2D eigenvalue weighted by Crippen LogP contribution is 2.35. The topological polar surface area (TPSA) is 48.1 Å². The van der Waals surface area contributed by atoms with E-state index >= 15 is 0 Å². The lowest BCUT2D eigenvalue weighted by molar-refractivity contribution is -0.131. The minimum absolute atomic E-state index is 0.0445. The molecule has 128 valence electrons. The van der Waals surface area contributed by atoms with E-state index in [0.717, 1.165) is 27.7 Å². The van der Waals surface area contributed by atoms with Crippen LogP contribution in [0, 0.1) is 5.82 Å². The van der Waals surface area contributed by atoms with Crippen LogP contribution in [0.2, 0.25) is 0 Å². The van der Waals surface area contributed by atoms with Crippen LogP contribution in [0.15, 0.2) is 48.5 Å². The first-order chi connectivity index (χ1) is 12.0. The molecule has 1 amide bonds. The third kappa shape index (κ3) is 2.70. The summed E-state index contributed by atoms with van der Waals surface area (Å²) in [7, 11) is 3.53. The maximum Gasteiger partial charge on any atom is 0.239 e. The molecule has 0 aliphatic carbocycles. The van der Waals surface area contributed by atoms with Gasteiger partial charge in [-0.05, 0) is 35.7 Å². The third-order valence-electron chi connectivity index (χ3n) is 4.85. The van der Waals surface area contributed by atoms with Gasteiger partial charge in [-0.1, -0.05) is 30.3 Å². The number of fused-ring (bicyclic) bond motifs is 3. The molecule has 0 radical (unpaired) electrons. The van der Waals surface area contributed by atoms with Crippen LogP contribution in [0.1, 0.15) is 22.9 Å². The summed E-state index contributed by atoms with van der Waals surface area (Å²) >= 11 is 0. The van der Waals surface area contributed by atoms with Crippen LogP contribution in [0.3, 0.4) is 0 Å². The summed E-state index contributed by atoms with van der Waals surface area (Å²) in [5.41, 5.74) is 4.20. The maximum atomic E-state index is 13.3. The van der Waals surface area contributed by atoms with Crippen molar-refractivity contribution in [1.29, 1.82) is 0 Å². The van der Waals surface area contributed by atoms with Crippen molar-refractivity contribution < 1.29 is 9.18 Å². The predicted molar refractivity (Wildman–Crippen MR) is 95.9 cm³/mol. The van der Waals surface area contributed by atoms with E-state index in [2.05, 4.69) is 16.4 Å². The van der Waals surface area contributed by atoms with Crippen LogP contribution in [0.25, 0.3) is 10.9 Å². The molecule has 3 aromatic rings. The number of likely N-dealkylation sites (N-methyl/N-ethyl adjacent to an activating group) is 1. The van der Waals surface area contributed by atoms with Crippen LogP contribution in [-0.4, -0.2) is 35.9 Å². The van der Waals surface area contributed by atoms with Gasteiger partial charge in [-0.3, -0.25) is 10.1 Å². The molecule has 1 aliphatic heterocycles. The molecule has 2 N–H and O–H groups in total. The van der Waals surface area contributed by atoms with E-state index in [-0.39, 0.29) is 23.8 Å². The van der Waals surface area contributed by atoms with Crippen LogP contribution >= 0.6 is 0 Å². The van der Waals surface area contributed by atoms with Gasteiger partial charge < -0.3 is 9.88 Å². The van der Waals surface area contributed by atoms with Crippen molar-refractivity contribution in [2.45, 2.75) is 18.5 Å². The molecule has 4 rings (SSSR count). The number of aromatic nitrogens is 1. The molecule has 5 heteroatoms. The number of H-pyrrole nitrogens is 1. The first-order valence-electron chi connectivity index (χ1n) is 8.37. The van der Waals surface area contributed by atoms with E-state index in [1.807, 2.05) is 18.2 Å². The van der Waals surface area contributed by atoms with Crippen LogP contribution < -0.4 is 5.32 Å². The number of nitrogens with zero attached hydrogens (tertiary/aromatic N) is 1. The van der Waals surface area contributed by atoms with Gasteiger partial charge in [0.1, 0.15) is 5.82 Å². The Kier molecular flexibility index (Phi) is 3.81. The van der Waals surface area contributed by atoms with Crippen LogP contribution in [0.4, 0.5) is 4.39 Å². The Morgan fingerprint density at radius 2 is 1.84 bits per heavy atom. The van der Waals surface area contributed by atoms with Crippen LogP contribution in [0.5, 0.6) is 0 Å². The van der Waals surface area contributed by atoms with Gasteiger partial charge in [0, 0.05) is 30.7 Å². The maximum absolute atomic E-state index is 13.3. The number of hydrogen-bond donors (Lipinski definition) is 2. The SMILES string of the molecule is CN(C)C(=O)[C@H]1Cc2c([nH]c3ccccc23)[C@@H](c2ccc(F)cc2)N1. The summed E-state index contributed by atoms with van der Waals surface area (Å²) in [5.74, 6) is -0.222. The van der Waals surface area contributed by atoms with Gasteiger partial charge in [-0.2, -0.15) is 0 Å². The molecule has 4 nitrogen and oxygen atoms in total. The van der Waals surface area contributed by atoms with Gasteiger partial charge in [-0.15, -0.1) is 0 Å². The zero-order valence-corrected chi connectivity index (χ0v) is 14.2. The van der Waals surface area contributed by atoms with Crippen molar-refractivity contribution in [3.05, 3.63) is 71.2 Å². The summed E-state index contributed by atoms with van der Waals surface area (Å²) < 4.78 is 13.3. The number of benzene rings is 2. The van der Waals surface area contributed by atoms with Crippen molar-refractivity contribution in [2.75, 3.05) is 14.1 Å². The molecule has 0 saturated heterocycles. The van der Waals surface area contributed by atoms with Gasteiger partial charge in [0.25, 0.3) is 0 Å². The van der Waals surface area contributed by atoms with E-state index in [1.54, 1.807) is 31.1 Å². The van der Waals surface area contributed by atoms with Crippen LogP contribution in [-0.2, 0) is 11.2 Å². The normalized spacial score (nSPS) is 19.6. The van der Waals surface area contributed by atoms with E-state index in [4.69, 9.17) is 0 Å². The fraction of sp³-hybridized carbons (Fsp3) is 0.250. The molecular weight excluding hydrogens is 317 g/mol. The first-order valence-corrected chi connectivity index (χ1v) is 8.37. The minimum atomic E-state index is -0.309. The van der Waals surface area contributed by atoms with Gasteiger partial charge >= 0.3 is 0 Å². The lowest BCUT2D eigenvalue weighted by Crippen LogP contribution is -2.49. The Bertz CT molecular complexity index is 930. The van der Waals surface area contributed by atoms with Crippen molar-refractivity contribution in [3.8, 4) is 0 Å². The summed E-state index contributed by atoms with van der Waals surface area (Å²) in [6.07, 6.45) is 0.633. The average molecular weight is 337 g/mol.